The summed E-state index contributed by atoms with van der Waals surface area (Å²) in [7, 11) is 0. The van der Waals surface area contributed by atoms with Gasteiger partial charge in [-0.2, -0.15) is 0 Å². The van der Waals surface area contributed by atoms with Crippen LogP contribution in [0.25, 0.3) is 0 Å². The van der Waals surface area contributed by atoms with Crippen molar-refractivity contribution in [2.45, 2.75) is 105 Å². The van der Waals surface area contributed by atoms with E-state index in [1.807, 2.05) is 0 Å². The molecule has 0 saturated heterocycles. The lowest BCUT2D eigenvalue weighted by molar-refractivity contribution is 0.0929. The van der Waals surface area contributed by atoms with E-state index in [0.717, 1.165) is 23.7 Å². The standard InChI is InChI=1S/C27H44/c1-20(2)10-8-12-22(4)25-17-18-26-24(14-9-19-27(25,26)5)16-15-23-13-7-6-11-21(23)3/h15-16,20,22,25-26H,3,6-14,17-19H2,1-2,4-5H3/b23-15-,24-16+/t22-,25?,26+,27-/m1/s1. The SMILES string of the molecule is C=C1CCCC/C1=C/C=C1\CCC[C@]2(C)C([C@H](C)CCCC(C)C)CC[C@@H]12. The Bertz CT molecular complexity index is 575. The summed E-state index contributed by atoms with van der Waals surface area (Å²) in [5, 5.41) is 0. The highest BCUT2D eigenvalue weighted by Gasteiger charge is 2.50. The first-order valence-corrected chi connectivity index (χ1v) is 12.0. The van der Waals surface area contributed by atoms with Gasteiger partial charge >= 0.3 is 0 Å². The van der Waals surface area contributed by atoms with E-state index >= 15 is 0 Å². The van der Waals surface area contributed by atoms with Gasteiger partial charge in [-0.05, 0) is 92.4 Å². The Morgan fingerprint density at radius 2 is 1.78 bits per heavy atom. The Labute approximate surface area is 169 Å². The largest absolute Gasteiger partial charge is 0.0956 e. The monoisotopic (exact) mass is 368 g/mol. The molecular formula is C27H44. The number of allylic oxidation sites excluding steroid dienone is 5. The minimum Gasteiger partial charge on any atom is -0.0956 e. The smallest absolute Gasteiger partial charge is 0.0143 e. The molecule has 0 aromatic heterocycles. The lowest BCUT2D eigenvalue weighted by Gasteiger charge is -2.44. The Morgan fingerprint density at radius 1 is 1.00 bits per heavy atom. The number of hydrogen-bond donors (Lipinski definition) is 0. The van der Waals surface area contributed by atoms with Crippen LogP contribution in [-0.4, -0.2) is 0 Å². The first-order chi connectivity index (χ1) is 12.9. The van der Waals surface area contributed by atoms with Gasteiger partial charge in [0.1, 0.15) is 0 Å². The normalized spacial score (nSPS) is 35.8. The third-order valence-electron chi connectivity index (χ3n) is 8.29. The van der Waals surface area contributed by atoms with Crippen LogP contribution in [0.5, 0.6) is 0 Å². The summed E-state index contributed by atoms with van der Waals surface area (Å²) >= 11 is 0. The van der Waals surface area contributed by atoms with Crippen molar-refractivity contribution in [2.24, 2.45) is 29.1 Å². The van der Waals surface area contributed by atoms with Crippen LogP contribution in [0.3, 0.4) is 0 Å². The van der Waals surface area contributed by atoms with Crippen LogP contribution in [0.1, 0.15) is 105 Å². The molecule has 3 aliphatic carbocycles. The van der Waals surface area contributed by atoms with Crippen LogP contribution in [0.2, 0.25) is 0 Å². The van der Waals surface area contributed by atoms with E-state index in [4.69, 9.17) is 0 Å². The molecule has 0 spiro atoms. The number of hydrogen-bond acceptors (Lipinski definition) is 0. The summed E-state index contributed by atoms with van der Waals surface area (Å²) < 4.78 is 0. The van der Waals surface area contributed by atoms with Crippen molar-refractivity contribution in [3.8, 4) is 0 Å². The van der Waals surface area contributed by atoms with Gasteiger partial charge < -0.3 is 0 Å². The highest BCUT2D eigenvalue weighted by atomic mass is 14.5. The molecule has 4 atom stereocenters. The fourth-order valence-corrected chi connectivity index (χ4v) is 6.66. The van der Waals surface area contributed by atoms with Crippen LogP contribution in [0, 0.1) is 29.1 Å². The summed E-state index contributed by atoms with van der Waals surface area (Å²) in [6, 6.07) is 0. The highest BCUT2D eigenvalue weighted by Crippen LogP contribution is 2.59. The van der Waals surface area contributed by atoms with Crippen molar-refractivity contribution >= 4 is 0 Å². The van der Waals surface area contributed by atoms with Crippen molar-refractivity contribution in [2.75, 3.05) is 0 Å². The fourth-order valence-electron chi connectivity index (χ4n) is 6.66. The van der Waals surface area contributed by atoms with Gasteiger partial charge in [0, 0.05) is 0 Å². The van der Waals surface area contributed by atoms with Crippen LogP contribution < -0.4 is 0 Å². The molecule has 0 bridgehead atoms. The summed E-state index contributed by atoms with van der Waals surface area (Å²) in [6.45, 7) is 14.3. The van der Waals surface area contributed by atoms with Crippen LogP contribution >= 0.6 is 0 Å². The van der Waals surface area contributed by atoms with Crippen molar-refractivity contribution in [3.05, 3.63) is 35.5 Å². The Kier molecular flexibility index (Phi) is 7.09. The molecule has 27 heavy (non-hydrogen) atoms. The molecule has 0 heterocycles. The molecule has 0 aromatic carbocycles. The second-order valence-corrected chi connectivity index (χ2v) is 10.6. The second kappa shape index (κ2) is 9.15. The van der Waals surface area contributed by atoms with Gasteiger partial charge in [0.2, 0.25) is 0 Å². The lowest BCUT2D eigenvalue weighted by atomic mass is 9.60. The fraction of sp³-hybridized carbons (Fsp3) is 0.778. The Balaban J connectivity index is 1.69. The minimum atomic E-state index is 0.559. The van der Waals surface area contributed by atoms with Crippen molar-refractivity contribution < 1.29 is 0 Å². The zero-order valence-corrected chi connectivity index (χ0v) is 18.7. The molecule has 1 unspecified atom stereocenters. The summed E-state index contributed by atoms with van der Waals surface area (Å²) in [4.78, 5) is 0. The molecule has 0 aromatic rings. The predicted octanol–water partition coefficient (Wildman–Crippen LogP) is 8.65. The number of fused-ring (bicyclic) bond motifs is 1. The zero-order chi connectivity index (χ0) is 19.4. The van der Waals surface area contributed by atoms with E-state index in [0.29, 0.717) is 5.41 Å². The molecule has 0 aliphatic heterocycles. The van der Waals surface area contributed by atoms with Crippen LogP contribution in [0.4, 0.5) is 0 Å². The van der Waals surface area contributed by atoms with E-state index in [2.05, 4.69) is 46.4 Å². The molecular weight excluding hydrogens is 324 g/mol. The summed E-state index contributed by atoms with van der Waals surface area (Å²) in [5.74, 6) is 3.54. The quantitative estimate of drug-likeness (QED) is 0.440. The van der Waals surface area contributed by atoms with Crippen molar-refractivity contribution in [1.82, 2.24) is 0 Å². The van der Waals surface area contributed by atoms with Crippen LogP contribution in [-0.2, 0) is 0 Å². The third kappa shape index (κ3) is 4.80. The number of rotatable bonds is 6. The molecule has 152 valence electrons. The van der Waals surface area contributed by atoms with Gasteiger partial charge in [-0.3, -0.25) is 0 Å². The second-order valence-electron chi connectivity index (χ2n) is 10.6. The average molecular weight is 369 g/mol. The van der Waals surface area contributed by atoms with E-state index in [1.54, 1.807) is 5.57 Å². The van der Waals surface area contributed by atoms with E-state index in [9.17, 15) is 0 Å². The first-order valence-electron chi connectivity index (χ1n) is 12.0. The maximum Gasteiger partial charge on any atom is -0.0143 e. The lowest BCUT2D eigenvalue weighted by Crippen LogP contribution is -2.36. The van der Waals surface area contributed by atoms with Crippen molar-refractivity contribution in [3.63, 3.8) is 0 Å². The molecule has 0 amide bonds. The van der Waals surface area contributed by atoms with Crippen molar-refractivity contribution in [1.29, 1.82) is 0 Å². The zero-order valence-electron chi connectivity index (χ0n) is 18.7. The minimum absolute atomic E-state index is 0.559. The topological polar surface area (TPSA) is 0 Å². The molecule has 3 rings (SSSR count). The molecule has 0 radical (unpaired) electrons. The maximum atomic E-state index is 4.32. The third-order valence-corrected chi connectivity index (χ3v) is 8.29. The Hall–Kier alpha value is -0.780. The van der Waals surface area contributed by atoms with Gasteiger partial charge in [0.15, 0.2) is 0 Å². The average Bonchev–Trinajstić information content (AvgIpc) is 2.98. The van der Waals surface area contributed by atoms with Gasteiger partial charge in [-0.1, -0.05) is 76.8 Å². The molecule has 3 saturated carbocycles. The van der Waals surface area contributed by atoms with Crippen LogP contribution in [0.15, 0.2) is 35.5 Å². The molecule has 3 fully saturated rings. The van der Waals surface area contributed by atoms with E-state index < -0.39 is 0 Å². The molecule has 0 nitrogen and oxygen atoms in total. The predicted molar refractivity (Wildman–Crippen MR) is 120 cm³/mol. The van der Waals surface area contributed by atoms with Gasteiger partial charge in [-0.15, -0.1) is 0 Å². The van der Waals surface area contributed by atoms with E-state index in [-0.39, 0.29) is 0 Å². The molecule has 3 aliphatic rings. The maximum absolute atomic E-state index is 4.32. The first kappa shape index (κ1) is 20.9. The van der Waals surface area contributed by atoms with Gasteiger partial charge in [-0.25, -0.2) is 0 Å². The highest BCUT2D eigenvalue weighted by molar-refractivity contribution is 5.35. The van der Waals surface area contributed by atoms with Gasteiger partial charge in [0.25, 0.3) is 0 Å². The van der Waals surface area contributed by atoms with Gasteiger partial charge in [0.05, 0.1) is 0 Å². The molecule has 0 heteroatoms. The Morgan fingerprint density at radius 3 is 2.52 bits per heavy atom. The molecule has 0 N–H and O–H groups in total. The summed E-state index contributed by atoms with van der Waals surface area (Å²) in [6.07, 6.45) is 21.5. The summed E-state index contributed by atoms with van der Waals surface area (Å²) in [5.41, 5.74) is 5.27. The van der Waals surface area contributed by atoms with E-state index in [1.165, 1.54) is 88.2 Å².